The van der Waals surface area contributed by atoms with Crippen molar-refractivity contribution < 1.29 is 0 Å². The Morgan fingerprint density at radius 1 is 1.67 bits per heavy atom. The number of hydrogen-bond donors (Lipinski definition) is 0. The van der Waals surface area contributed by atoms with E-state index in [0.29, 0.717) is 0 Å². The normalized spacial score (nSPS) is 22.5. The fourth-order valence-corrected chi connectivity index (χ4v) is 2.29. The Morgan fingerprint density at radius 3 is 2.67 bits per heavy atom. The van der Waals surface area contributed by atoms with E-state index in [4.69, 9.17) is 0 Å². The molecule has 1 heterocycles. The van der Waals surface area contributed by atoms with Crippen molar-refractivity contribution in [1.29, 1.82) is 0 Å². The van der Waals surface area contributed by atoms with Crippen molar-refractivity contribution >= 4 is 31.7 Å². The SMILES string of the molecule is BrC1=CC=C[AsH]1. The summed E-state index contributed by atoms with van der Waals surface area (Å²) in [6.07, 6.45) is 4.21. The van der Waals surface area contributed by atoms with Crippen LogP contribution in [0.4, 0.5) is 0 Å². The molecule has 0 spiro atoms. The summed E-state index contributed by atoms with van der Waals surface area (Å²) in [6, 6.07) is 0. The molecule has 0 nitrogen and oxygen atoms in total. The standard InChI is InChI=1S/C4H4AsBr/c6-4-2-1-3-5-4/h1-3,5H. The molecule has 1 aliphatic rings. The van der Waals surface area contributed by atoms with Gasteiger partial charge < -0.3 is 0 Å². The van der Waals surface area contributed by atoms with Gasteiger partial charge in [-0.15, -0.1) is 0 Å². The van der Waals surface area contributed by atoms with Crippen molar-refractivity contribution in [2.75, 3.05) is 0 Å². The molecule has 6 heavy (non-hydrogen) atoms. The van der Waals surface area contributed by atoms with E-state index in [-0.39, 0.29) is 15.8 Å². The predicted molar refractivity (Wildman–Crippen MR) is 33.3 cm³/mol. The molecular weight excluding hydrogens is 203 g/mol. The first-order valence-corrected chi connectivity index (χ1v) is 4.74. The van der Waals surface area contributed by atoms with E-state index in [0.717, 1.165) is 0 Å². The topological polar surface area (TPSA) is 0 Å². The Balaban J connectivity index is 2.61. The summed E-state index contributed by atoms with van der Waals surface area (Å²) in [5, 5.41) is 0. The number of hydrogen-bond acceptors (Lipinski definition) is 0. The molecule has 0 saturated carbocycles. The van der Waals surface area contributed by atoms with Crippen LogP contribution in [0.2, 0.25) is 0 Å². The van der Waals surface area contributed by atoms with Crippen molar-refractivity contribution in [3.05, 3.63) is 20.3 Å². The molecular formula is C4H4AsBr. The van der Waals surface area contributed by atoms with Crippen LogP contribution in [0.3, 0.4) is 0 Å². The van der Waals surface area contributed by atoms with Gasteiger partial charge in [0.2, 0.25) is 0 Å². The van der Waals surface area contributed by atoms with Crippen LogP contribution in [0, 0.1) is 0 Å². The molecule has 0 N–H and O–H groups in total. The van der Waals surface area contributed by atoms with E-state index in [1.165, 1.54) is 3.27 Å². The van der Waals surface area contributed by atoms with Crippen molar-refractivity contribution in [3.63, 3.8) is 0 Å². The van der Waals surface area contributed by atoms with Gasteiger partial charge in [-0.3, -0.25) is 0 Å². The van der Waals surface area contributed by atoms with Gasteiger partial charge in [0.15, 0.2) is 0 Å². The van der Waals surface area contributed by atoms with Crippen LogP contribution in [0.5, 0.6) is 0 Å². The number of allylic oxidation sites excluding steroid dienone is 2. The van der Waals surface area contributed by atoms with Gasteiger partial charge in [-0.05, 0) is 0 Å². The molecule has 1 rings (SSSR count). The fraction of sp³-hybridized carbons (Fsp3) is 0. The molecule has 0 aromatic heterocycles. The van der Waals surface area contributed by atoms with Crippen LogP contribution >= 0.6 is 15.9 Å². The van der Waals surface area contributed by atoms with Gasteiger partial charge in [0.1, 0.15) is 0 Å². The summed E-state index contributed by atoms with van der Waals surface area (Å²) in [4.78, 5) is 2.24. The van der Waals surface area contributed by atoms with E-state index in [1.807, 2.05) is 0 Å². The molecule has 1 aliphatic heterocycles. The molecule has 0 amide bonds. The first kappa shape index (κ1) is 4.67. The maximum absolute atomic E-state index is 3.39. The molecule has 32 valence electrons. The summed E-state index contributed by atoms with van der Waals surface area (Å²) in [5.41, 5.74) is 0. The summed E-state index contributed by atoms with van der Waals surface area (Å²) in [6.45, 7) is 0. The van der Waals surface area contributed by atoms with Crippen LogP contribution in [0.25, 0.3) is 0 Å². The third kappa shape index (κ3) is 0.990. The van der Waals surface area contributed by atoms with Crippen LogP contribution in [-0.2, 0) is 0 Å². The average Bonchev–Trinajstić information content (AvgIpc) is 1.86. The van der Waals surface area contributed by atoms with Crippen molar-refractivity contribution in [2.45, 2.75) is 0 Å². The Labute approximate surface area is 52.1 Å². The van der Waals surface area contributed by atoms with Crippen LogP contribution in [0.15, 0.2) is 20.3 Å². The second-order valence-corrected chi connectivity index (χ2v) is 5.84. The monoisotopic (exact) mass is 206 g/mol. The zero-order valence-corrected chi connectivity index (χ0v) is 6.79. The third-order valence-corrected chi connectivity index (χ3v) is 3.70. The van der Waals surface area contributed by atoms with Gasteiger partial charge >= 0.3 is 52.0 Å². The second kappa shape index (κ2) is 1.99. The molecule has 0 radical (unpaired) electrons. The van der Waals surface area contributed by atoms with Crippen LogP contribution in [-0.4, -0.2) is 15.8 Å². The van der Waals surface area contributed by atoms with Gasteiger partial charge in [-0.25, -0.2) is 0 Å². The predicted octanol–water partition coefficient (Wildman–Crippen LogP) is 1.19. The maximum atomic E-state index is 3.39. The Kier molecular flexibility index (Phi) is 1.55. The second-order valence-electron chi connectivity index (χ2n) is 1.02. The number of halogens is 1. The first-order valence-electron chi connectivity index (χ1n) is 1.68. The van der Waals surface area contributed by atoms with E-state index >= 15 is 0 Å². The summed E-state index contributed by atoms with van der Waals surface area (Å²) in [5.74, 6) is 0. The molecule has 2 heteroatoms. The van der Waals surface area contributed by atoms with Crippen molar-refractivity contribution in [3.8, 4) is 0 Å². The van der Waals surface area contributed by atoms with E-state index < -0.39 is 0 Å². The van der Waals surface area contributed by atoms with Crippen molar-refractivity contribution in [2.24, 2.45) is 0 Å². The van der Waals surface area contributed by atoms with Crippen LogP contribution < -0.4 is 0 Å². The average molecular weight is 207 g/mol. The molecule has 1 unspecified atom stereocenters. The van der Waals surface area contributed by atoms with Crippen molar-refractivity contribution in [1.82, 2.24) is 0 Å². The van der Waals surface area contributed by atoms with Gasteiger partial charge in [-0.2, -0.15) is 0 Å². The Bertz CT molecular complexity index is 104. The van der Waals surface area contributed by atoms with E-state index in [1.54, 1.807) is 0 Å². The molecule has 0 aromatic rings. The number of rotatable bonds is 0. The quantitative estimate of drug-likeness (QED) is 0.523. The molecule has 1 atom stereocenters. The summed E-state index contributed by atoms with van der Waals surface area (Å²) >= 11 is 3.56. The summed E-state index contributed by atoms with van der Waals surface area (Å²) < 4.78 is 1.41. The third-order valence-electron chi connectivity index (χ3n) is 0.560. The Morgan fingerprint density at radius 2 is 2.50 bits per heavy atom. The molecule has 0 aromatic carbocycles. The minimum absolute atomic E-state index is 0.167. The van der Waals surface area contributed by atoms with Gasteiger partial charge in [0.05, 0.1) is 0 Å². The zero-order valence-electron chi connectivity index (χ0n) is 3.11. The molecule has 0 saturated heterocycles. The van der Waals surface area contributed by atoms with Gasteiger partial charge in [0, 0.05) is 0 Å². The first-order chi connectivity index (χ1) is 2.89. The molecule has 0 fully saturated rings. The van der Waals surface area contributed by atoms with E-state index in [2.05, 4.69) is 32.9 Å². The van der Waals surface area contributed by atoms with Gasteiger partial charge in [0.25, 0.3) is 0 Å². The fourth-order valence-electron chi connectivity index (χ4n) is 0.308. The molecule has 0 bridgehead atoms. The zero-order chi connectivity index (χ0) is 4.41. The molecule has 0 aliphatic carbocycles. The van der Waals surface area contributed by atoms with Crippen LogP contribution in [0.1, 0.15) is 0 Å². The summed E-state index contributed by atoms with van der Waals surface area (Å²) in [7, 11) is 0. The van der Waals surface area contributed by atoms with E-state index in [9.17, 15) is 0 Å². The Hall–Kier alpha value is 0.518. The minimum atomic E-state index is 0.167. The van der Waals surface area contributed by atoms with Gasteiger partial charge in [-0.1, -0.05) is 0 Å².